The molecule has 122 valence electrons. The van der Waals surface area contributed by atoms with Crippen LogP contribution in [0.5, 0.6) is 0 Å². The molecule has 8 heteroatoms. The second-order valence-electron chi connectivity index (χ2n) is 5.91. The fraction of sp³-hybridized carbons (Fsp3) is 0.312. The summed E-state index contributed by atoms with van der Waals surface area (Å²) < 4.78 is 1.78. The molecule has 1 aromatic carbocycles. The molecule has 1 saturated carbocycles. The van der Waals surface area contributed by atoms with Gasteiger partial charge in [0.25, 0.3) is 5.91 Å². The van der Waals surface area contributed by atoms with Crippen LogP contribution in [0.3, 0.4) is 0 Å². The van der Waals surface area contributed by atoms with Gasteiger partial charge >= 0.3 is 0 Å². The summed E-state index contributed by atoms with van der Waals surface area (Å²) >= 11 is 1.47. The molecule has 1 aliphatic carbocycles. The molecule has 1 N–H and O–H groups in total. The normalized spacial score (nSPS) is 19.2. The molecule has 1 fully saturated rings. The fourth-order valence-electron chi connectivity index (χ4n) is 2.48. The van der Waals surface area contributed by atoms with Crippen LogP contribution in [-0.2, 0) is 6.54 Å². The van der Waals surface area contributed by atoms with Crippen LogP contribution in [0.4, 0.5) is 0 Å². The van der Waals surface area contributed by atoms with Crippen LogP contribution in [0.25, 0.3) is 10.6 Å². The minimum absolute atomic E-state index is 0.244. The van der Waals surface area contributed by atoms with Gasteiger partial charge in [0.15, 0.2) is 5.69 Å². The quantitative estimate of drug-likeness (QED) is 0.770. The summed E-state index contributed by atoms with van der Waals surface area (Å²) in [6, 6.07) is 10.2. The van der Waals surface area contributed by atoms with E-state index in [1.165, 1.54) is 11.3 Å². The van der Waals surface area contributed by atoms with Crippen molar-refractivity contribution in [2.75, 3.05) is 0 Å². The lowest BCUT2D eigenvalue weighted by atomic mass is 10.2. The van der Waals surface area contributed by atoms with Crippen LogP contribution in [0, 0.1) is 5.92 Å². The van der Waals surface area contributed by atoms with Gasteiger partial charge in [0.05, 0.1) is 18.8 Å². The van der Waals surface area contributed by atoms with Gasteiger partial charge < -0.3 is 5.32 Å². The molecule has 0 radical (unpaired) electrons. The largest absolute Gasteiger partial charge is 0.344 e. The van der Waals surface area contributed by atoms with Gasteiger partial charge in [0.1, 0.15) is 10.0 Å². The van der Waals surface area contributed by atoms with Crippen LogP contribution >= 0.6 is 11.3 Å². The number of nitrogens with zero attached hydrogens (tertiary/aromatic N) is 5. The first-order valence-electron chi connectivity index (χ1n) is 7.78. The van der Waals surface area contributed by atoms with Crippen molar-refractivity contribution >= 4 is 17.2 Å². The van der Waals surface area contributed by atoms with Crippen molar-refractivity contribution in [3.05, 3.63) is 47.2 Å². The molecule has 0 bridgehead atoms. The second kappa shape index (κ2) is 6.12. The molecule has 1 aliphatic rings. The second-order valence-corrected chi connectivity index (χ2v) is 6.98. The lowest BCUT2D eigenvalue weighted by Gasteiger charge is -1.98. The summed E-state index contributed by atoms with van der Waals surface area (Å²) in [5.74, 6) is 0.367. The minimum Gasteiger partial charge on any atom is -0.344 e. The minimum atomic E-state index is -0.244. The van der Waals surface area contributed by atoms with Crippen LogP contribution in [0.15, 0.2) is 36.5 Å². The average Bonchev–Trinajstić information content (AvgIpc) is 3.05. The number of hydrogen-bond donors (Lipinski definition) is 1. The van der Waals surface area contributed by atoms with E-state index in [2.05, 4.69) is 32.7 Å². The van der Waals surface area contributed by atoms with Crippen molar-refractivity contribution < 1.29 is 4.79 Å². The Hall–Kier alpha value is -2.61. The number of amides is 1. The number of aromatic nitrogens is 5. The third-order valence-corrected chi connectivity index (χ3v) is 5.01. The first-order chi connectivity index (χ1) is 11.7. The van der Waals surface area contributed by atoms with Crippen molar-refractivity contribution in [3.63, 3.8) is 0 Å². The molecule has 24 heavy (non-hydrogen) atoms. The number of rotatable bonds is 5. The zero-order chi connectivity index (χ0) is 16.5. The molecule has 7 nitrogen and oxygen atoms in total. The van der Waals surface area contributed by atoms with Crippen molar-refractivity contribution in [1.29, 1.82) is 0 Å². The Morgan fingerprint density at radius 1 is 1.29 bits per heavy atom. The molecular formula is C16H16N6OS. The Labute approximate surface area is 142 Å². The maximum Gasteiger partial charge on any atom is 0.273 e. The van der Waals surface area contributed by atoms with E-state index in [0.29, 0.717) is 24.2 Å². The van der Waals surface area contributed by atoms with Gasteiger partial charge in [0, 0.05) is 5.56 Å². The lowest BCUT2D eigenvalue weighted by molar-refractivity contribution is 0.0945. The highest BCUT2D eigenvalue weighted by Crippen LogP contribution is 2.41. The fourth-order valence-corrected chi connectivity index (χ4v) is 3.27. The predicted octanol–water partition coefficient (Wildman–Crippen LogP) is 2.31. The standard InChI is InChI=1S/C16H16N6OS/c1-10-7-13(10)22-9-12(18-21-22)15(23)17-8-14-19-20-16(24-14)11-5-3-2-4-6-11/h2-6,9-10,13H,7-8H2,1H3,(H,17,23). The van der Waals surface area contributed by atoms with Crippen LogP contribution in [0.1, 0.15) is 34.9 Å². The van der Waals surface area contributed by atoms with Gasteiger partial charge in [-0.1, -0.05) is 53.8 Å². The van der Waals surface area contributed by atoms with E-state index in [-0.39, 0.29) is 5.91 Å². The summed E-state index contributed by atoms with van der Waals surface area (Å²) in [4.78, 5) is 12.2. The molecule has 4 rings (SSSR count). The monoisotopic (exact) mass is 340 g/mol. The Kier molecular flexibility index (Phi) is 3.81. The predicted molar refractivity (Wildman–Crippen MR) is 89.4 cm³/mol. The van der Waals surface area contributed by atoms with Crippen molar-refractivity contribution in [2.24, 2.45) is 5.92 Å². The summed E-state index contributed by atoms with van der Waals surface area (Å²) in [5, 5.41) is 20.7. The van der Waals surface area contributed by atoms with Gasteiger partial charge in [-0.3, -0.25) is 4.79 Å². The van der Waals surface area contributed by atoms with Gasteiger partial charge in [-0.15, -0.1) is 15.3 Å². The summed E-state index contributed by atoms with van der Waals surface area (Å²) in [6.07, 6.45) is 2.80. The molecule has 2 unspecified atom stereocenters. The number of hydrogen-bond acceptors (Lipinski definition) is 6. The summed E-state index contributed by atoms with van der Waals surface area (Å²) in [5.41, 5.74) is 1.36. The topological polar surface area (TPSA) is 85.6 Å². The van der Waals surface area contributed by atoms with E-state index in [1.807, 2.05) is 30.3 Å². The number of carbonyl (C=O) groups is 1. The highest BCUT2D eigenvalue weighted by molar-refractivity contribution is 7.14. The first-order valence-corrected chi connectivity index (χ1v) is 8.60. The van der Waals surface area contributed by atoms with E-state index >= 15 is 0 Å². The van der Waals surface area contributed by atoms with Crippen molar-refractivity contribution in [1.82, 2.24) is 30.5 Å². The molecule has 3 aromatic rings. The molecule has 0 saturated heterocycles. The van der Waals surface area contributed by atoms with E-state index in [1.54, 1.807) is 10.9 Å². The zero-order valence-electron chi connectivity index (χ0n) is 13.1. The molecule has 0 aliphatic heterocycles. The highest BCUT2D eigenvalue weighted by atomic mass is 32.1. The first kappa shape index (κ1) is 14.9. The van der Waals surface area contributed by atoms with Crippen LogP contribution in [-0.4, -0.2) is 31.1 Å². The smallest absolute Gasteiger partial charge is 0.273 e. The maximum absolute atomic E-state index is 12.2. The summed E-state index contributed by atoms with van der Waals surface area (Å²) in [7, 11) is 0. The maximum atomic E-state index is 12.2. The third-order valence-electron chi connectivity index (χ3n) is 4.04. The van der Waals surface area contributed by atoms with E-state index in [4.69, 9.17) is 0 Å². The number of nitrogens with one attached hydrogen (secondary N) is 1. The molecular weight excluding hydrogens is 324 g/mol. The van der Waals surface area contributed by atoms with Gasteiger partial charge in [0.2, 0.25) is 0 Å². The van der Waals surface area contributed by atoms with E-state index in [0.717, 1.165) is 22.0 Å². The van der Waals surface area contributed by atoms with Crippen LogP contribution < -0.4 is 5.32 Å². The Bertz CT molecular complexity index is 858. The number of benzene rings is 1. The average molecular weight is 340 g/mol. The molecule has 2 atom stereocenters. The number of carbonyl (C=O) groups excluding carboxylic acids is 1. The summed E-state index contributed by atoms with van der Waals surface area (Å²) in [6.45, 7) is 2.49. The third kappa shape index (κ3) is 3.05. The van der Waals surface area contributed by atoms with Gasteiger partial charge in [-0.2, -0.15) is 0 Å². The van der Waals surface area contributed by atoms with E-state index < -0.39 is 0 Å². The van der Waals surface area contributed by atoms with Crippen molar-refractivity contribution in [3.8, 4) is 10.6 Å². The molecule has 0 spiro atoms. The van der Waals surface area contributed by atoms with Crippen molar-refractivity contribution in [2.45, 2.75) is 25.9 Å². The SMILES string of the molecule is CC1CC1n1cc(C(=O)NCc2nnc(-c3ccccc3)s2)nn1. The van der Waals surface area contributed by atoms with Crippen LogP contribution in [0.2, 0.25) is 0 Å². The lowest BCUT2D eigenvalue weighted by Crippen LogP contribution is -2.23. The Morgan fingerprint density at radius 3 is 2.83 bits per heavy atom. The molecule has 2 heterocycles. The molecule has 2 aromatic heterocycles. The van der Waals surface area contributed by atoms with E-state index in [9.17, 15) is 4.79 Å². The highest BCUT2D eigenvalue weighted by Gasteiger charge is 2.35. The Balaban J connectivity index is 1.37. The zero-order valence-corrected chi connectivity index (χ0v) is 13.9. The van der Waals surface area contributed by atoms with Gasteiger partial charge in [-0.25, -0.2) is 4.68 Å². The Morgan fingerprint density at radius 2 is 2.08 bits per heavy atom. The molecule has 1 amide bonds. The van der Waals surface area contributed by atoms with Gasteiger partial charge in [-0.05, 0) is 12.3 Å².